The Kier molecular flexibility index (Phi) is 12.6. The van der Waals surface area contributed by atoms with Gasteiger partial charge in [0.2, 0.25) is 0 Å². The van der Waals surface area contributed by atoms with Crippen molar-refractivity contribution in [1.82, 2.24) is 15.5 Å². The molecule has 2 fully saturated rings. The molecule has 0 radical (unpaired) electrons. The summed E-state index contributed by atoms with van der Waals surface area (Å²) in [4.78, 5) is 7.04. The molecule has 2 aliphatic rings. The van der Waals surface area contributed by atoms with E-state index in [9.17, 15) is 0 Å². The van der Waals surface area contributed by atoms with Crippen LogP contribution in [0.2, 0.25) is 0 Å². The zero-order valence-corrected chi connectivity index (χ0v) is 20.6. The average Bonchev–Trinajstić information content (AvgIpc) is 3.14. The number of ether oxygens (including phenoxy) is 2. The van der Waals surface area contributed by atoms with Crippen LogP contribution in [0.25, 0.3) is 0 Å². The summed E-state index contributed by atoms with van der Waals surface area (Å²) in [7, 11) is 1.85. The molecule has 0 amide bonds. The van der Waals surface area contributed by atoms with E-state index >= 15 is 0 Å². The number of guanidine groups is 1. The SMILES string of the molecule is CCOC(CCNC(=NC)NCC1(N2CCOCC2)CCSC1)C(C)C.I. The number of nitrogens with one attached hydrogen (secondary N) is 2. The maximum Gasteiger partial charge on any atom is 0.191 e. The first kappa shape index (κ1) is 25.3. The summed E-state index contributed by atoms with van der Waals surface area (Å²) in [6, 6.07) is 0. The summed E-state index contributed by atoms with van der Waals surface area (Å²) in [5.74, 6) is 3.87. The maximum atomic E-state index is 5.83. The van der Waals surface area contributed by atoms with Gasteiger partial charge in [0.1, 0.15) is 0 Å². The van der Waals surface area contributed by atoms with E-state index in [1.165, 1.54) is 17.9 Å². The first-order valence-corrected chi connectivity index (χ1v) is 11.2. The Morgan fingerprint density at radius 1 is 1.30 bits per heavy atom. The van der Waals surface area contributed by atoms with E-state index in [1.54, 1.807) is 0 Å². The van der Waals surface area contributed by atoms with Crippen molar-refractivity contribution in [3.05, 3.63) is 0 Å². The van der Waals surface area contributed by atoms with Crippen molar-refractivity contribution >= 4 is 41.7 Å². The van der Waals surface area contributed by atoms with Crippen LogP contribution in [0, 0.1) is 5.92 Å². The zero-order valence-electron chi connectivity index (χ0n) is 17.5. The molecule has 8 heteroatoms. The minimum atomic E-state index is 0. The predicted octanol–water partition coefficient (Wildman–Crippen LogP) is 2.43. The molecule has 0 spiro atoms. The van der Waals surface area contributed by atoms with E-state index < -0.39 is 0 Å². The van der Waals surface area contributed by atoms with Crippen LogP contribution < -0.4 is 10.6 Å². The van der Waals surface area contributed by atoms with Crippen LogP contribution >= 0.6 is 35.7 Å². The van der Waals surface area contributed by atoms with Crippen LogP contribution in [-0.4, -0.2) is 87.1 Å². The number of aliphatic imine (C=N–C) groups is 1. The minimum Gasteiger partial charge on any atom is -0.379 e. The second-order valence-corrected chi connectivity index (χ2v) is 8.61. The normalized spacial score (nSPS) is 25.3. The highest BCUT2D eigenvalue weighted by molar-refractivity contribution is 14.0. The molecule has 2 atom stereocenters. The van der Waals surface area contributed by atoms with E-state index in [4.69, 9.17) is 9.47 Å². The monoisotopic (exact) mass is 514 g/mol. The van der Waals surface area contributed by atoms with Crippen LogP contribution in [0.3, 0.4) is 0 Å². The van der Waals surface area contributed by atoms with Gasteiger partial charge in [-0.2, -0.15) is 11.8 Å². The predicted molar refractivity (Wildman–Crippen MR) is 127 cm³/mol. The Hall–Kier alpha value is 0.230. The van der Waals surface area contributed by atoms with Gasteiger partial charge in [-0.05, 0) is 31.4 Å². The van der Waals surface area contributed by atoms with Crippen molar-refractivity contribution in [2.45, 2.75) is 45.3 Å². The first-order chi connectivity index (χ1) is 12.6. The lowest BCUT2D eigenvalue weighted by Crippen LogP contribution is -2.60. The molecular formula is C19H39IN4O2S. The number of halogens is 1. The minimum absolute atomic E-state index is 0. The lowest BCUT2D eigenvalue weighted by molar-refractivity contribution is -0.0120. The lowest BCUT2D eigenvalue weighted by Gasteiger charge is -2.43. The van der Waals surface area contributed by atoms with Gasteiger partial charge in [0.25, 0.3) is 0 Å². The van der Waals surface area contributed by atoms with E-state index in [0.717, 1.165) is 58.4 Å². The molecule has 0 aliphatic carbocycles. The number of morpholine rings is 1. The quantitative estimate of drug-likeness (QED) is 0.280. The number of hydrogen-bond acceptors (Lipinski definition) is 5. The molecule has 0 bridgehead atoms. The number of nitrogens with zero attached hydrogens (tertiary/aromatic N) is 2. The molecule has 0 aromatic rings. The summed E-state index contributed by atoms with van der Waals surface area (Å²) >= 11 is 2.07. The van der Waals surface area contributed by atoms with E-state index in [2.05, 4.69) is 53.1 Å². The summed E-state index contributed by atoms with van der Waals surface area (Å²) in [6.07, 6.45) is 2.54. The maximum absolute atomic E-state index is 5.83. The summed E-state index contributed by atoms with van der Waals surface area (Å²) in [5.41, 5.74) is 0.234. The van der Waals surface area contributed by atoms with E-state index in [1.807, 2.05) is 7.05 Å². The Morgan fingerprint density at radius 2 is 2.04 bits per heavy atom. The van der Waals surface area contributed by atoms with E-state index in [0.29, 0.717) is 12.0 Å². The summed E-state index contributed by atoms with van der Waals surface area (Å²) in [5, 5.41) is 7.05. The van der Waals surface area contributed by atoms with Gasteiger partial charge in [0.05, 0.1) is 19.3 Å². The third-order valence-corrected chi connectivity index (χ3v) is 6.65. The Labute approximate surface area is 187 Å². The molecular weight excluding hydrogens is 475 g/mol. The largest absolute Gasteiger partial charge is 0.379 e. The molecule has 160 valence electrons. The highest BCUT2D eigenvalue weighted by atomic mass is 127. The Balaban J connectivity index is 0.00000364. The molecule has 2 rings (SSSR count). The van der Waals surface area contributed by atoms with Crippen LogP contribution in [0.1, 0.15) is 33.6 Å². The first-order valence-electron chi connectivity index (χ1n) is 10.1. The highest BCUT2D eigenvalue weighted by Crippen LogP contribution is 2.33. The number of rotatable bonds is 9. The van der Waals surface area contributed by atoms with Gasteiger partial charge >= 0.3 is 0 Å². The fourth-order valence-corrected chi connectivity index (χ4v) is 5.24. The third-order valence-electron chi connectivity index (χ3n) is 5.42. The highest BCUT2D eigenvalue weighted by Gasteiger charge is 2.40. The van der Waals surface area contributed by atoms with Crippen LogP contribution in [-0.2, 0) is 9.47 Å². The second-order valence-electron chi connectivity index (χ2n) is 7.51. The molecule has 0 saturated carbocycles. The molecule has 2 saturated heterocycles. The van der Waals surface area contributed by atoms with Crippen molar-refractivity contribution in [3.8, 4) is 0 Å². The molecule has 2 N–H and O–H groups in total. The third kappa shape index (κ3) is 7.87. The van der Waals surface area contributed by atoms with Crippen molar-refractivity contribution in [3.63, 3.8) is 0 Å². The Bertz CT molecular complexity index is 428. The second kappa shape index (κ2) is 13.5. The number of hydrogen-bond donors (Lipinski definition) is 2. The van der Waals surface area contributed by atoms with Crippen molar-refractivity contribution < 1.29 is 9.47 Å². The van der Waals surface area contributed by atoms with Gasteiger partial charge in [-0.25, -0.2) is 0 Å². The lowest BCUT2D eigenvalue weighted by atomic mass is 9.95. The smallest absolute Gasteiger partial charge is 0.191 e. The van der Waals surface area contributed by atoms with Crippen molar-refractivity contribution in [1.29, 1.82) is 0 Å². The Morgan fingerprint density at radius 3 is 2.59 bits per heavy atom. The van der Waals surface area contributed by atoms with Crippen LogP contribution in [0.15, 0.2) is 4.99 Å². The van der Waals surface area contributed by atoms with Crippen LogP contribution in [0.4, 0.5) is 0 Å². The molecule has 2 aliphatic heterocycles. The molecule has 27 heavy (non-hydrogen) atoms. The van der Waals surface area contributed by atoms with Crippen LogP contribution in [0.5, 0.6) is 0 Å². The molecule has 2 heterocycles. The van der Waals surface area contributed by atoms with E-state index in [-0.39, 0.29) is 29.5 Å². The van der Waals surface area contributed by atoms with Gasteiger partial charge < -0.3 is 20.1 Å². The molecule has 6 nitrogen and oxygen atoms in total. The molecule has 2 unspecified atom stereocenters. The van der Waals surface area contributed by atoms with Crippen molar-refractivity contribution in [2.24, 2.45) is 10.9 Å². The zero-order chi connectivity index (χ0) is 18.8. The van der Waals surface area contributed by atoms with Gasteiger partial charge in [-0.15, -0.1) is 24.0 Å². The number of thioether (sulfide) groups is 1. The molecule has 0 aromatic carbocycles. The molecule has 0 aromatic heterocycles. The topological polar surface area (TPSA) is 58.1 Å². The van der Waals surface area contributed by atoms with Gasteiger partial charge in [-0.1, -0.05) is 13.8 Å². The summed E-state index contributed by atoms with van der Waals surface area (Å²) in [6.45, 7) is 12.9. The van der Waals surface area contributed by atoms with Gasteiger partial charge in [0.15, 0.2) is 5.96 Å². The average molecular weight is 515 g/mol. The van der Waals surface area contributed by atoms with Gasteiger partial charge in [-0.3, -0.25) is 9.89 Å². The fraction of sp³-hybridized carbons (Fsp3) is 0.947. The van der Waals surface area contributed by atoms with Gasteiger partial charge in [0, 0.05) is 51.1 Å². The van der Waals surface area contributed by atoms with Crippen molar-refractivity contribution in [2.75, 3.05) is 64.6 Å². The fourth-order valence-electron chi connectivity index (χ4n) is 3.76. The summed E-state index contributed by atoms with van der Waals surface area (Å²) < 4.78 is 11.4. The standard InChI is InChI=1S/C19H38N4O2S.HI/c1-5-25-17(16(2)3)6-8-21-18(20-4)22-14-19(7-13-26-15-19)23-9-11-24-12-10-23;/h16-17H,5-15H2,1-4H3,(H2,20,21,22);1H.